The van der Waals surface area contributed by atoms with Gasteiger partial charge >= 0.3 is 0 Å². The number of thiazole rings is 1. The Labute approximate surface area is 194 Å². The van der Waals surface area contributed by atoms with Crippen molar-refractivity contribution in [1.82, 2.24) is 15.2 Å². The molecular formula is C22H24F2N4O3S2. The van der Waals surface area contributed by atoms with E-state index in [9.17, 15) is 22.0 Å². The van der Waals surface area contributed by atoms with Gasteiger partial charge in [-0.2, -0.15) is 0 Å². The van der Waals surface area contributed by atoms with E-state index < -0.39 is 33.1 Å². The summed E-state index contributed by atoms with van der Waals surface area (Å²) in [6.45, 7) is 5.55. The molecule has 0 bridgehead atoms. The maximum atomic E-state index is 13.9. The zero-order chi connectivity index (χ0) is 23.6. The second-order valence-corrected chi connectivity index (χ2v) is 11.0. The summed E-state index contributed by atoms with van der Waals surface area (Å²) in [5, 5.41) is 3.33. The van der Waals surface area contributed by atoms with Crippen molar-refractivity contribution in [3.05, 3.63) is 53.6 Å². The first kappa shape index (κ1) is 23.5. The summed E-state index contributed by atoms with van der Waals surface area (Å²) in [6, 6.07) is 8.55. The first-order chi connectivity index (χ1) is 15.7. The van der Waals surface area contributed by atoms with Gasteiger partial charge in [0.1, 0.15) is 17.1 Å². The first-order valence-corrected chi connectivity index (χ1v) is 13.0. The number of nitrogens with one attached hydrogen (secondary N) is 1. The van der Waals surface area contributed by atoms with E-state index in [0.29, 0.717) is 49.1 Å². The molecule has 7 nitrogen and oxygen atoms in total. The van der Waals surface area contributed by atoms with Crippen molar-refractivity contribution in [2.24, 2.45) is 0 Å². The fourth-order valence-corrected chi connectivity index (χ4v) is 5.87. The van der Waals surface area contributed by atoms with Gasteiger partial charge in [0.25, 0.3) is 0 Å². The van der Waals surface area contributed by atoms with Crippen LogP contribution in [-0.2, 0) is 14.6 Å². The van der Waals surface area contributed by atoms with E-state index in [4.69, 9.17) is 0 Å². The van der Waals surface area contributed by atoms with Crippen molar-refractivity contribution in [1.29, 1.82) is 0 Å². The average Bonchev–Trinajstić information content (AvgIpc) is 3.18. The van der Waals surface area contributed by atoms with Gasteiger partial charge in [-0.3, -0.25) is 9.69 Å². The molecular weight excluding hydrogens is 470 g/mol. The van der Waals surface area contributed by atoms with Crippen molar-refractivity contribution >= 4 is 42.4 Å². The number of anilines is 1. The molecule has 0 spiro atoms. The number of amides is 1. The van der Waals surface area contributed by atoms with Crippen molar-refractivity contribution in [3.8, 4) is 0 Å². The molecule has 1 N–H and O–H groups in total. The van der Waals surface area contributed by atoms with Crippen LogP contribution >= 0.6 is 11.3 Å². The van der Waals surface area contributed by atoms with Crippen LogP contribution in [0, 0.1) is 18.6 Å². The molecule has 0 aliphatic carbocycles. The highest BCUT2D eigenvalue weighted by atomic mass is 32.2. The third kappa shape index (κ3) is 5.66. The van der Waals surface area contributed by atoms with Gasteiger partial charge in [-0.1, -0.05) is 29.0 Å². The summed E-state index contributed by atoms with van der Waals surface area (Å²) >= 11 is 1.26. The molecule has 1 aromatic heterocycles. The number of sulfone groups is 1. The summed E-state index contributed by atoms with van der Waals surface area (Å²) in [5.74, 6) is -2.39. The quantitative estimate of drug-likeness (QED) is 0.544. The highest BCUT2D eigenvalue weighted by Gasteiger charge is 2.22. The second kappa shape index (κ2) is 9.70. The third-order valence-electron chi connectivity index (χ3n) is 5.50. The summed E-state index contributed by atoms with van der Waals surface area (Å²) in [4.78, 5) is 20.8. The van der Waals surface area contributed by atoms with Gasteiger partial charge in [-0.15, -0.1) is 0 Å². The summed E-state index contributed by atoms with van der Waals surface area (Å²) in [6.07, 6.45) is 0. The molecule has 2 aromatic carbocycles. The van der Waals surface area contributed by atoms with Crippen LogP contribution in [-0.4, -0.2) is 69.2 Å². The van der Waals surface area contributed by atoms with Crippen LogP contribution in [0.2, 0.25) is 0 Å². The minimum atomic E-state index is -3.67. The van der Waals surface area contributed by atoms with Gasteiger partial charge in [0.2, 0.25) is 5.91 Å². The number of hydrogen-bond acceptors (Lipinski definition) is 7. The summed E-state index contributed by atoms with van der Waals surface area (Å²) < 4.78 is 52.6. The maximum Gasteiger partial charge on any atom is 0.235 e. The lowest BCUT2D eigenvalue weighted by Crippen LogP contribution is -2.48. The molecule has 0 atom stereocenters. The average molecular weight is 495 g/mol. The van der Waals surface area contributed by atoms with Crippen molar-refractivity contribution < 1.29 is 22.0 Å². The van der Waals surface area contributed by atoms with Gasteiger partial charge in [-0.25, -0.2) is 22.2 Å². The lowest BCUT2D eigenvalue weighted by molar-refractivity contribution is -0.118. The molecule has 1 fully saturated rings. The highest BCUT2D eigenvalue weighted by molar-refractivity contribution is 7.92. The number of piperazine rings is 1. The van der Waals surface area contributed by atoms with E-state index in [-0.39, 0.29) is 10.4 Å². The van der Waals surface area contributed by atoms with E-state index in [1.54, 1.807) is 12.1 Å². The zero-order valence-corrected chi connectivity index (χ0v) is 19.7. The topological polar surface area (TPSA) is 82.6 Å². The minimum Gasteiger partial charge on any atom is -0.354 e. The Morgan fingerprint density at radius 1 is 1.12 bits per heavy atom. The number of carbonyl (C=O) groups excluding carboxylic acids is 1. The summed E-state index contributed by atoms with van der Waals surface area (Å²) in [7, 11) is -3.67. The molecule has 3 aromatic rings. The number of carbonyl (C=O) groups is 1. The molecule has 1 aliphatic heterocycles. The molecule has 33 heavy (non-hydrogen) atoms. The normalized spacial score (nSPS) is 15.2. The van der Waals surface area contributed by atoms with Gasteiger partial charge in [0.15, 0.2) is 20.8 Å². The Morgan fingerprint density at radius 3 is 2.52 bits per heavy atom. The third-order valence-corrected chi connectivity index (χ3v) is 8.19. The lowest BCUT2D eigenvalue weighted by atomic mass is 10.2. The molecule has 0 radical (unpaired) electrons. The van der Waals surface area contributed by atoms with Crippen LogP contribution in [0.25, 0.3) is 10.2 Å². The minimum absolute atomic E-state index is 0.136. The van der Waals surface area contributed by atoms with Crippen molar-refractivity contribution in [3.63, 3.8) is 0 Å². The number of aromatic nitrogens is 1. The smallest absolute Gasteiger partial charge is 0.235 e. The molecule has 2 heterocycles. The Balaban J connectivity index is 1.23. The van der Waals surface area contributed by atoms with E-state index in [1.165, 1.54) is 29.5 Å². The van der Waals surface area contributed by atoms with E-state index >= 15 is 0 Å². The zero-order valence-electron chi connectivity index (χ0n) is 18.1. The fraction of sp³-hybridized carbons (Fsp3) is 0.364. The molecule has 0 saturated carbocycles. The first-order valence-electron chi connectivity index (χ1n) is 10.5. The fourth-order valence-electron chi connectivity index (χ4n) is 3.65. The largest absolute Gasteiger partial charge is 0.354 e. The molecule has 176 valence electrons. The van der Waals surface area contributed by atoms with Crippen LogP contribution in [0.5, 0.6) is 0 Å². The van der Waals surface area contributed by atoms with Crippen LogP contribution in [0.1, 0.15) is 5.56 Å². The molecule has 1 amide bonds. The molecule has 0 unspecified atom stereocenters. The Bertz CT molecular complexity index is 1250. The standard InChI is InChI=1S/C22H24F2N4O3S2/c1-15-2-4-17(5-3-15)33(30,31)14-20(29)25-6-7-27-8-10-28(11-9-27)22-26-21-18(24)12-16(23)13-19(21)32-22/h2-5,12-13H,6-11,14H2,1H3,(H,25,29). The second-order valence-electron chi connectivity index (χ2n) is 7.98. The molecule has 4 rings (SSSR count). The number of fused-ring (bicyclic) bond motifs is 1. The number of halogens is 2. The van der Waals surface area contributed by atoms with E-state index in [0.717, 1.165) is 11.6 Å². The number of benzene rings is 2. The van der Waals surface area contributed by atoms with Crippen molar-refractivity contribution in [2.75, 3.05) is 49.9 Å². The van der Waals surface area contributed by atoms with Crippen molar-refractivity contribution in [2.45, 2.75) is 11.8 Å². The Hall–Kier alpha value is -2.63. The Kier molecular flexibility index (Phi) is 6.91. The number of nitrogens with zero attached hydrogens (tertiary/aromatic N) is 3. The molecule has 1 aliphatic rings. The van der Waals surface area contributed by atoms with Gasteiger partial charge < -0.3 is 10.2 Å². The van der Waals surface area contributed by atoms with Crippen LogP contribution in [0.15, 0.2) is 41.3 Å². The predicted molar refractivity (Wildman–Crippen MR) is 124 cm³/mol. The monoisotopic (exact) mass is 494 g/mol. The predicted octanol–water partition coefficient (Wildman–Crippen LogP) is 2.60. The SMILES string of the molecule is Cc1ccc(S(=O)(=O)CC(=O)NCCN2CCN(c3nc4c(F)cc(F)cc4s3)CC2)cc1. The van der Waals surface area contributed by atoms with Crippen LogP contribution in [0.3, 0.4) is 0 Å². The van der Waals surface area contributed by atoms with Gasteiger partial charge in [-0.05, 0) is 25.1 Å². The number of aryl methyl sites for hydroxylation is 1. The Morgan fingerprint density at radius 2 is 1.82 bits per heavy atom. The molecule has 1 saturated heterocycles. The maximum absolute atomic E-state index is 13.9. The van der Waals surface area contributed by atoms with E-state index in [1.807, 2.05) is 11.8 Å². The highest BCUT2D eigenvalue weighted by Crippen LogP contribution is 2.31. The van der Waals surface area contributed by atoms with Gasteiger partial charge in [0, 0.05) is 45.3 Å². The lowest BCUT2D eigenvalue weighted by Gasteiger charge is -2.34. The van der Waals surface area contributed by atoms with Crippen LogP contribution in [0.4, 0.5) is 13.9 Å². The number of rotatable bonds is 7. The van der Waals surface area contributed by atoms with E-state index in [2.05, 4.69) is 15.2 Å². The molecule has 11 heteroatoms. The number of hydrogen-bond donors (Lipinski definition) is 1. The summed E-state index contributed by atoms with van der Waals surface area (Å²) in [5.41, 5.74) is 1.13. The van der Waals surface area contributed by atoms with Crippen LogP contribution < -0.4 is 10.2 Å². The van der Waals surface area contributed by atoms with Gasteiger partial charge in [0.05, 0.1) is 9.60 Å².